The Morgan fingerprint density at radius 3 is 2.76 bits per heavy atom. The summed E-state index contributed by atoms with van der Waals surface area (Å²) in [7, 11) is 1.43. The third-order valence-corrected chi connectivity index (χ3v) is 2.84. The van der Waals surface area contributed by atoms with Gasteiger partial charge < -0.3 is 9.84 Å². The highest BCUT2D eigenvalue weighted by atomic mass is 16.6. The average Bonchev–Trinajstić information content (AvgIpc) is 2.55. The molecule has 5 nitrogen and oxygen atoms in total. The van der Waals surface area contributed by atoms with Gasteiger partial charge in [0.2, 0.25) is 0 Å². The van der Waals surface area contributed by atoms with E-state index in [0.717, 1.165) is 10.5 Å². The highest BCUT2D eigenvalue weighted by molar-refractivity contribution is 5.84. The first-order chi connectivity index (χ1) is 8.00. The van der Waals surface area contributed by atoms with E-state index in [2.05, 4.69) is 0 Å². The zero-order valence-corrected chi connectivity index (χ0v) is 9.58. The van der Waals surface area contributed by atoms with E-state index in [1.807, 2.05) is 25.1 Å². The Balaban J connectivity index is 2.38. The highest BCUT2D eigenvalue weighted by Gasteiger charge is 2.45. The maximum Gasteiger partial charge on any atom is 0.411 e. The molecule has 1 aliphatic rings. The summed E-state index contributed by atoms with van der Waals surface area (Å²) in [5.74, 6) is -1.06. The molecule has 0 spiro atoms. The van der Waals surface area contributed by atoms with Gasteiger partial charge in [0.15, 0.2) is 12.1 Å². The zero-order valence-electron chi connectivity index (χ0n) is 9.58. The van der Waals surface area contributed by atoms with E-state index >= 15 is 0 Å². The summed E-state index contributed by atoms with van der Waals surface area (Å²) >= 11 is 0. The van der Waals surface area contributed by atoms with Crippen molar-refractivity contribution in [1.82, 2.24) is 4.90 Å². The number of likely N-dealkylation sites (N-methyl/N-ethyl adjacent to an activating group) is 1. The number of nitrogens with zero attached hydrogens (tertiary/aromatic N) is 1. The van der Waals surface area contributed by atoms with E-state index < -0.39 is 24.2 Å². The van der Waals surface area contributed by atoms with Gasteiger partial charge in [-0.2, -0.15) is 0 Å². The van der Waals surface area contributed by atoms with Gasteiger partial charge in [0, 0.05) is 7.05 Å². The Bertz CT molecular complexity index is 471. The number of ether oxygens (including phenoxy) is 1. The lowest BCUT2D eigenvalue weighted by atomic mass is 10.0. The number of aryl methyl sites for hydroxylation is 1. The highest BCUT2D eigenvalue weighted by Crippen LogP contribution is 2.31. The Hall–Kier alpha value is -2.04. The summed E-state index contributed by atoms with van der Waals surface area (Å²) < 4.78 is 5.09. The molecule has 1 saturated heterocycles. The van der Waals surface area contributed by atoms with Crippen LogP contribution in [0.2, 0.25) is 0 Å². The molecule has 1 heterocycles. The second kappa shape index (κ2) is 4.08. The third kappa shape index (κ3) is 1.95. The van der Waals surface area contributed by atoms with Gasteiger partial charge in [-0.15, -0.1) is 0 Å². The van der Waals surface area contributed by atoms with Crippen molar-refractivity contribution in [3.05, 3.63) is 35.4 Å². The molecule has 1 aromatic carbocycles. The first kappa shape index (κ1) is 11.4. The largest absolute Gasteiger partial charge is 0.480 e. The summed E-state index contributed by atoms with van der Waals surface area (Å²) in [6, 6.07) is 6.34. The van der Waals surface area contributed by atoms with Crippen molar-refractivity contribution in [2.45, 2.75) is 19.1 Å². The molecule has 2 atom stereocenters. The molecule has 1 amide bonds. The third-order valence-electron chi connectivity index (χ3n) is 2.84. The molecule has 90 valence electrons. The zero-order chi connectivity index (χ0) is 12.6. The van der Waals surface area contributed by atoms with Crippen LogP contribution in [0.25, 0.3) is 0 Å². The number of hydrogen-bond donors (Lipinski definition) is 1. The lowest BCUT2D eigenvalue weighted by Crippen LogP contribution is -2.37. The molecule has 17 heavy (non-hydrogen) atoms. The number of rotatable bonds is 2. The normalized spacial score (nSPS) is 23.6. The van der Waals surface area contributed by atoms with E-state index in [-0.39, 0.29) is 0 Å². The van der Waals surface area contributed by atoms with Crippen molar-refractivity contribution < 1.29 is 19.4 Å². The molecule has 0 bridgehead atoms. The number of carboxylic acids is 1. The number of amides is 1. The van der Waals surface area contributed by atoms with Crippen molar-refractivity contribution >= 4 is 12.1 Å². The van der Waals surface area contributed by atoms with E-state index in [0.29, 0.717) is 5.56 Å². The first-order valence-electron chi connectivity index (χ1n) is 5.23. The second-order valence-corrected chi connectivity index (χ2v) is 4.11. The van der Waals surface area contributed by atoms with Crippen LogP contribution in [-0.4, -0.2) is 35.2 Å². The molecule has 1 N–H and O–H groups in total. The lowest BCUT2D eigenvalue weighted by Gasteiger charge is -2.17. The minimum absolute atomic E-state index is 0.607. The molecular weight excluding hydrogens is 222 g/mol. The molecule has 2 unspecified atom stereocenters. The summed E-state index contributed by atoms with van der Waals surface area (Å²) in [6.07, 6.45) is -1.35. The number of carboxylic acid groups (broad SMARTS) is 1. The summed E-state index contributed by atoms with van der Waals surface area (Å²) in [6.45, 7) is 1.90. The van der Waals surface area contributed by atoms with Crippen LogP contribution in [-0.2, 0) is 9.53 Å². The Kier molecular flexibility index (Phi) is 2.75. The monoisotopic (exact) mass is 235 g/mol. The predicted molar refractivity (Wildman–Crippen MR) is 59.6 cm³/mol. The molecule has 1 aromatic rings. The number of hydrogen-bond acceptors (Lipinski definition) is 3. The molecule has 1 fully saturated rings. The van der Waals surface area contributed by atoms with E-state index in [1.54, 1.807) is 6.07 Å². The molecule has 0 saturated carbocycles. The van der Waals surface area contributed by atoms with Gasteiger partial charge in [-0.25, -0.2) is 9.59 Å². The molecule has 5 heteroatoms. The molecule has 2 rings (SSSR count). The van der Waals surface area contributed by atoms with Crippen molar-refractivity contribution in [3.63, 3.8) is 0 Å². The van der Waals surface area contributed by atoms with Gasteiger partial charge in [-0.05, 0) is 12.5 Å². The van der Waals surface area contributed by atoms with E-state index in [4.69, 9.17) is 9.84 Å². The second-order valence-electron chi connectivity index (χ2n) is 4.11. The quantitative estimate of drug-likeness (QED) is 0.844. The van der Waals surface area contributed by atoms with E-state index in [9.17, 15) is 9.59 Å². The smallest absolute Gasteiger partial charge is 0.411 e. The summed E-state index contributed by atoms with van der Waals surface area (Å²) in [5, 5.41) is 9.13. The van der Waals surface area contributed by atoms with Crippen LogP contribution in [0.4, 0.5) is 4.79 Å². The molecule has 0 radical (unpaired) electrons. The Morgan fingerprint density at radius 2 is 2.18 bits per heavy atom. The van der Waals surface area contributed by atoms with Crippen LogP contribution < -0.4 is 0 Å². The lowest BCUT2D eigenvalue weighted by molar-refractivity contribution is -0.142. The fourth-order valence-electron chi connectivity index (χ4n) is 1.97. The summed E-state index contributed by atoms with van der Waals surface area (Å²) in [4.78, 5) is 23.7. The first-order valence-corrected chi connectivity index (χ1v) is 5.23. The van der Waals surface area contributed by atoms with Gasteiger partial charge in [0.1, 0.15) is 0 Å². The minimum Gasteiger partial charge on any atom is -0.480 e. The van der Waals surface area contributed by atoms with Crippen molar-refractivity contribution in [2.75, 3.05) is 7.05 Å². The molecule has 0 aromatic heterocycles. The summed E-state index contributed by atoms with van der Waals surface area (Å²) in [5.41, 5.74) is 1.70. The van der Waals surface area contributed by atoms with Crippen molar-refractivity contribution in [2.24, 2.45) is 0 Å². The molecule has 1 aliphatic heterocycles. The Labute approximate surface area is 98.6 Å². The Morgan fingerprint density at radius 1 is 1.47 bits per heavy atom. The van der Waals surface area contributed by atoms with Crippen LogP contribution in [0.15, 0.2) is 24.3 Å². The van der Waals surface area contributed by atoms with Gasteiger partial charge in [0.25, 0.3) is 0 Å². The number of aliphatic carboxylic acids is 1. The SMILES string of the molecule is Cc1cccc(C2OC(=O)N(C)C2C(=O)O)c1. The maximum absolute atomic E-state index is 11.4. The van der Waals surface area contributed by atoms with Gasteiger partial charge in [-0.3, -0.25) is 4.90 Å². The fraction of sp³-hybridized carbons (Fsp3) is 0.333. The predicted octanol–water partition coefficient (Wildman–Crippen LogP) is 1.57. The standard InChI is InChI=1S/C12H13NO4/c1-7-4-3-5-8(6-7)10-9(11(14)15)13(2)12(16)17-10/h3-6,9-10H,1-2H3,(H,14,15). The average molecular weight is 235 g/mol. The van der Waals surface area contributed by atoms with Crippen LogP contribution in [0.1, 0.15) is 17.2 Å². The van der Waals surface area contributed by atoms with Crippen molar-refractivity contribution in [1.29, 1.82) is 0 Å². The minimum atomic E-state index is -1.06. The van der Waals surface area contributed by atoms with Gasteiger partial charge in [0.05, 0.1) is 0 Å². The van der Waals surface area contributed by atoms with Gasteiger partial charge >= 0.3 is 12.1 Å². The number of carbonyl (C=O) groups excluding carboxylic acids is 1. The van der Waals surface area contributed by atoms with Crippen LogP contribution in [0.5, 0.6) is 0 Å². The molecular formula is C12H13NO4. The van der Waals surface area contributed by atoms with E-state index in [1.165, 1.54) is 7.05 Å². The maximum atomic E-state index is 11.4. The van der Waals surface area contributed by atoms with Crippen LogP contribution in [0, 0.1) is 6.92 Å². The van der Waals surface area contributed by atoms with Crippen molar-refractivity contribution in [3.8, 4) is 0 Å². The topological polar surface area (TPSA) is 66.8 Å². The van der Waals surface area contributed by atoms with Crippen LogP contribution in [0.3, 0.4) is 0 Å². The van der Waals surface area contributed by atoms with Crippen LogP contribution >= 0.6 is 0 Å². The number of cyclic esters (lactones) is 1. The fourth-order valence-corrected chi connectivity index (χ4v) is 1.97. The van der Waals surface area contributed by atoms with Gasteiger partial charge in [-0.1, -0.05) is 29.8 Å². The number of carbonyl (C=O) groups is 2. The molecule has 0 aliphatic carbocycles. The number of benzene rings is 1.